The van der Waals surface area contributed by atoms with Gasteiger partial charge in [-0.3, -0.25) is 9.59 Å². The van der Waals surface area contributed by atoms with Crippen LogP contribution in [0.1, 0.15) is 40.5 Å². The van der Waals surface area contributed by atoms with Crippen molar-refractivity contribution < 1.29 is 14.1 Å². The molecule has 19 heavy (non-hydrogen) atoms. The molecular weight excluding hydrogens is 240 g/mol. The lowest BCUT2D eigenvalue weighted by atomic mass is 10.0. The third kappa shape index (κ3) is 2.42. The molecule has 1 amide bonds. The van der Waals surface area contributed by atoms with Crippen molar-refractivity contribution >= 4 is 11.7 Å². The predicted molar refractivity (Wildman–Crippen MR) is 74.6 cm³/mol. The monoisotopic (exact) mass is 267 g/mol. The average molecular weight is 267 g/mol. The van der Waals surface area contributed by atoms with Crippen molar-refractivity contribution in [2.24, 2.45) is 5.92 Å². The first kappa shape index (κ1) is 14.5. The van der Waals surface area contributed by atoms with E-state index in [9.17, 15) is 9.59 Å². The quantitative estimate of drug-likeness (QED) is 0.573. The lowest BCUT2D eigenvalue weighted by Crippen LogP contribution is -2.66. The number of Topliss-reactive ketones (excluding diaryl/α,β-unsaturated/α-hetero) is 1. The van der Waals surface area contributed by atoms with Crippen LogP contribution in [0.4, 0.5) is 0 Å². The predicted octanol–water partition coefficient (Wildman–Crippen LogP) is 1.44. The molecule has 2 rings (SSSR count). The number of carbonyl (C=O) groups is 2. The summed E-state index contributed by atoms with van der Waals surface area (Å²) >= 11 is 0. The van der Waals surface area contributed by atoms with E-state index in [4.69, 9.17) is 0 Å². The van der Waals surface area contributed by atoms with Gasteiger partial charge in [0.05, 0.1) is 32.2 Å². The summed E-state index contributed by atoms with van der Waals surface area (Å²) in [5.74, 6) is -0.687. The summed E-state index contributed by atoms with van der Waals surface area (Å²) in [7, 11) is 0. The van der Waals surface area contributed by atoms with Crippen LogP contribution in [0.3, 0.4) is 0 Å². The minimum absolute atomic E-state index is 0.192. The van der Waals surface area contributed by atoms with Gasteiger partial charge in [-0.1, -0.05) is 13.8 Å². The Morgan fingerprint density at radius 2 is 1.84 bits per heavy atom. The van der Waals surface area contributed by atoms with E-state index in [-0.39, 0.29) is 17.6 Å². The van der Waals surface area contributed by atoms with E-state index in [2.05, 4.69) is 13.8 Å². The van der Waals surface area contributed by atoms with Gasteiger partial charge in [-0.15, -0.1) is 0 Å². The summed E-state index contributed by atoms with van der Waals surface area (Å²) < 4.78 is 1.15. The Bertz CT molecular complexity index is 378. The van der Waals surface area contributed by atoms with Crippen molar-refractivity contribution in [1.29, 1.82) is 0 Å². The van der Waals surface area contributed by atoms with Gasteiger partial charge in [0.2, 0.25) is 5.78 Å². The molecule has 2 unspecified atom stereocenters. The maximum Gasteiger partial charge on any atom is 0.290 e. The molecule has 0 radical (unpaired) electrons. The van der Waals surface area contributed by atoms with E-state index < -0.39 is 0 Å². The van der Waals surface area contributed by atoms with E-state index in [1.807, 2.05) is 0 Å². The molecule has 108 valence electrons. The summed E-state index contributed by atoms with van der Waals surface area (Å²) in [4.78, 5) is 25.8. The molecule has 0 saturated carbocycles. The van der Waals surface area contributed by atoms with Gasteiger partial charge in [0.25, 0.3) is 5.91 Å². The molecule has 0 aliphatic carbocycles. The zero-order chi connectivity index (χ0) is 14.2. The van der Waals surface area contributed by atoms with Crippen molar-refractivity contribution in [2.75, 3.05) is 26.2 Å². The Morgan fingerprint density at radius 1 is 1.16 bits per heavy atom. The smallest absolute Gasteiger partial charge is 0.290 e. The highest BCUT2D eigenvalue weighted by Crippen LogP contribution is 2.33. The molecule has 0 spiro atoms. The topological polar surface area (TPSA) is 37.4 Å². The molecule has 2 atom stereocenters. The summed E-state index contributed by atoms with van der Waals surface area (Å²) in [5, 5.41) is 0. The average Bonchev–Trinajstić information content (AvgIpc) is 2.80. The van der Waals surface area contributed by atoms with Crippen LogP contribution in [-0.2, 0) is 9.59 Å². The largest absolute Gasteiger partial charge is 0.324 e. The summed E-state index contributed by atoms with van der Waals surface area (Å²) in [6.45, 7) is 11.9. The summed E-state index contributed by atoms with van der Waals surface area (Å²) in [6.07, 6.45) is 2.45. The van der Waals surface area contributed by atoms with Crippen LogP contribution in [0.5, 0.6) is 0 Å². The van der Waals surface area contributed by atoms with Crippen LogP contribution in [0.15, 0.2) is 0 Å². The first-order valence-corrected chi connectivity index (χ1v) is 7.58. The van der Waals surface area contributed by atoms with Crippen molar-refractivity contribution in [1.82, 2.24) is 4.90 Å². The molecule has 0 aromatic heterocycles. The Labute approximate surface area is 116 Å². The second-order valence-corrected chi connectivity index (χ2v) is 6.71. The normalized spacial score (nSPS) is 30.8. The fourth-order valence-corrected chi connectivity index (χ4v) is 3.79. The zero-order valence-corrected chi connectivity index (χ0v) is 12.7. The first-order chi connectivity index (χ1) is 8.88. The third-order valence-corrected chi connectivity index (χ3v) is 5.11. The molecule has 2 aliphatic heterocycles. The maximum atomic E-state index is 12.2. The fourth-order valence-electron chi connectivity index (χ4n) is 3.79. The zero-order valence-electron chi connectivity index (χ0n) is 12.7. The van der Waals surface area contributed by atoms with E-state index in [0.717, 1.165) is 24.1 Å². The van der Waals surface area contributed by atoms with Gasteiger partial charge in [0, 0.05) is 18.8 Å². The Hall–Kier alpha value is -0.900. The molecule has 2 aliphatic rings. The molecule has 0 aromatic carbocycles. The Morgan fingerprint density at radius 3 is 2.42 bits per heavy atom. The van der Waals surface area contributed by atoms with Crippen molar-refractivity contribution in [3.05, 3.63) is 0 Å². The Kier molecular flexibility index (Phi) is 4.00. The van der Waals surface area contributed by atoms with Crippen molar-refractivity contribution in [3.63, 3.8) is 0 Å². The molecular formula is C15H27N2O2+. The van der Waals surface area contributed by atoms with Gasteiger partial charge in [0.15, 0.2) is 0 Å². The molecule has 0 N–H and O–H groups in total. The van der Waals surface area contributed by atoms with Crippen LogP contribution in [0.2, 0.25) is 0 Å². The molecule has 2 fully saturated rings. The molecule has 2 heterocycles. The lowest BCUT2D eigenvalue weighted by molar-refractivity contribution is -0.962. The first-order valence-electron chi connectivity index (χ1n) is 7.58. The van der Waals surface area contributed by atoms with Crippen molar-refractivity contribution in [3.8, 4) is 0 Å². The van der Waals surface area contributed by atoms with Crippen LogP contribution in [0.25, 0.3) is 0 Å². The number of fused-ring (bicyclic) bond motifs is 1. The van der Waals surface area contributed by atoms with Gasteiger partial charge in [0.1, 0.15) is 6.04 Å². The second kappa shape index (κ2) is 5.23. The SMILES string of the molecule is CC(C)C(=O)C(=O)N1CC[N+]2(C(C)C)CCCC2C1. The molecule has 4 heteroatoms. The summed E-state index contributed by atoms with van der Waals surface area (Å²) in [5.41, 5.74) is 0. The number of hydrogen-bond donors (Lipinski definition) is 0. The maximum absolute atomic E-state index is 12.2. The highest BCUT2D eigenvalue weighted by molar-refractivity contribution is 6.36. The standard InChI is InChI=1S/C15H27N2O2/c1-11(2)14(18)15(19)16-7-9-17(12(3)4)8-5-6-13(17)10-16/h11-13H,5-10H2,1-4H3/q+1. The number of hydrogen-bond acceptors (Lipinski definition) is 2. The lowest BCUT2D eigenvalue weighted by Gasteiger charge is -2.49. The van der Waals surface area contributed by atoms with E-state index >= 15 is 0 Å². The van der Waals surface area contributed by atoms with Crippen LogP contribution >= 0.6 is 0 Å². The number of carbonyl (C=O) groups excluding carboxylic acids is 2. The van der Waals surface area contributed by atoms with Crippen molar-refractivity contribution in [2.45, 2.75) is 52.6 Å². The number of nitrogens with zero attached hydrogens (tertiary/aromatic N) is 2. The fraction of sp³-hybridized carbons (Fsp3) is 0.867. The van der Waals surface area contributed by atoms with Crippen LogP contribution in [-0.4, -0.2) is 59.3 Å². The van der Waals surface area contributed by atoms with Gasteiger partial charge in [-0.05, 0) is 13.8 Å². The molecule has 2 saturated heterocycles. The number of rotatable bonds is 3. The second-order valence-electron chi connectivity index (χ2n) is 6.71. The molecule has 0 bridgehead atoms. The highest BCUT2D eigenvalue weighted by Gasteiger charge is 2.48. The number of amides is 1. The minimum atomic E-state index is -0.261. The van der Waals surface area contributed by atoms with Gasteiger partial charge in [-0.25, -0.2) is 0 Å². The van der Waals surface area contributed by atoms with Crippen LogP contribution < -0.4 is 0 Å². The van der Waals surface area contributed by atoms with E-state index in [1.165, 1.54) is 19.4 Å². The minimum Gasteiger partial charge on any atom is -0.324 e. The molecule has 4 nitrogen and oxygen atoms in total. The van der Waals surface area contributed by atoms with Gasteiger partial charge in [-0.2, -0.15) is 0 Å². The van der Waals surface area contributed by atoms with E-state index in [0.29, 0.717) is 12.1 Å². The Balaban J connectivity index is 2.08. The number of quaternary nitrogens is 1. The molecule has 0 aromatic rings. The van der Waals surface area contributed by atoms with Gasteiger partial charge >= 0.3 is 0 Å². The number of piperazine rings is 1. The van der Waals surface area contributed by atoms with Crippen LogP contribution in [0, 0.1) is 5.92 Å². The summed E-state index contributed by atoms with van der Waals surface area (Å²) in [6, 6.07) is 1.16. The van der Waals surface area contributed by atoms with E-state index in [1.54, 1.807) is 18.7 Å². The highest BCUT2D eigenvalue weighted by atomic mass is 16.2. The third-order valence-electron chi connectivity index (χ3n) is 5.11. The van der Waals surface area contributed by atoms with Gasteiger partial charge < -0.3 is 9.38 Å². The number of ketones is 1.